The van der Waals surface area contributed by atoms with Crippen molar-refractivity contribution < 1.29 is 4.42 Å². The molecule has 61 valence electrons. The fraction of sp³-hybridized carbons (Fsp3) is 0.200. The summed E-state index contributed by atoms with van der Waals surface area (Å²) in [5.41, 5.74) is 1.01. The monoisotopic (exact) mass is 175 g/mol. The van der Waals surface area contributed by atoms with E-state index in [-0.39, 0.29) is 0 Å². The van der Waals surface area contributed by atoms with Gasteiger partial charge in [-0.3, -0.25) is 0 Å². The van der Waals surface area contributed by atoms with E-state index < -0.39 is 8.80 Å². The van der Waals surface area contributed by atoms with Gasteiger partial charge in [0.1, 0.15) is 14.4 Å². The summed E-state index contributed by atoms with van der Waals surface area (Å²) in [7, 11) is -0.440. The van der Waals surface area contributed by atoms with Gasteiger partial charge >= 0.3 is 0 Å². The third-order valence-electron chi connectivity index (χ3n) is 1.92. The van der Waals surface area contributed by atoms with Crippen LogP contribution in [0, 0.1) is 0 Å². The molecule has 1 aromatic carbocycles. The SMILES string of the molecule is C[Si](C)c1cc2ccccc2o1. The zero-order valence-electron chi connectivity index (χ0n) is 7.29. The lowest BCUT2D eigenvalue weighted by atomic mass is 10.3. The van der Waals surface area contributed by atoms with Gasteiger partial charge < -0.3 is 4.42 Å². The number of hydrogen-bond donors (Lipinski definition) is 0. The molecule has 0 saturated heterocycles. The third-order valence-corrected chi connectivity index (χ3v) is 3.15. The summed E-state index contributed by atoms with van der Waals surface area (Å²) in [4.78, 5) is 0. The van der Waals surface area contributed by atoms with E-state index in [1.165, 1.54) is 10.8 Å². The topological polar surface area (TPSA) is 13.1 Å². The Labute approximate surface area is 73.6 Å². The molecule has 0 amide bonds. The first-order valence-electron chi connectivity index (χ1n) is 4.06. The van der Waals surface area contributed by atoms with Crippen LogP contribution < -0.4 is 5.38 Å². The molecule has 0 N–H and O–H groups in total. The van der Waals surface area contributed by atoms with Crippen molar-refractivity contribution in [2.45, 2.75) is 13.1 Å². The van der Waals surface area contributed by atoms with E-state index in [1.807, 2.05) is 18.2 Å². The Bertz CT molecular complexity index is 356. The summed E-state index contributed by atoms with van der Waals surface area (Å²) >= 11 is 0. The predicted octanol–water partition coefficient (Wildman–Crippen LogP) is 2.39. The second kappa shape index (κ2) is 2.79. The number of fused-ring (bicyclic) bond motifs is 1. The van der Waals surface area contributed by atoms with E-state index >= 15 is 0 Å². The maximum atomic E-state index is 5.67. The normalized spacial score (nSPS) is 11.2. The Balaban J connectivity index is 2.62. The smallest absolute Gasteiger partial charge is 0.133 e. The van der Waals surface area contributed by atoms with Crippen LogP contribution in [0.15, 0.2) is 34.7 Å². The van der Waals surface area contributed by atoms with Crippen LogP contribution in [0.4, 0.5) is 0 Å². The van der Waals surface area contributed by atoms with Gasteiger partial charge in [-0.1, -0.05) is 31.3 Å². The molecule has 0 aliphatic carbocycles. The van der Waals surface area contributed by atoms with E-state index in [0.717, 1.165) is 5.58 Å². The number of para-hydroxylation sites is 1. The first kappa shape index (κ1) is 7.62. The Morgan fingerprint density at radius 3 is 2.58 bits per heavy atom. The van der Waals surface area contributed by atoms with Crippen LogP contribution in [-0.2, 0) is 0 Å². The van der Waals surface area contributed by atoms with Crippen molar-refractivity contribution in [1.29, 1.82) is 0 Å². The molecule has 0 spiro atoms. The van der Waals surface area contributed by atoms with Gasteiger partial charge in [0, 0.05) is 5.39 Å². The number of rotatable bonds is 1. The fourth-order valence-electron chi connectivity index (χ4n) is 1.23. The van der Waals surface area contributed by atoms with E-state index in [2.05, 4.69) is 25.2 Å². The van der Waals surface area contributed by atoms with E-state index in [1.54, 1.807) is 0 Å². The number of hydrogen-bond acceptors (Lipinski definition) is 1. The molecular formula is C10H11OSi. The maximum Gasteiger partial charge on any atom is 0.133 e. The molecule has 0 aliphatic heterocycles. The highest BCUT2D eigenvalue weighted by molar-refractivity contribution is 6.69. The van der Waals surface area contributed by atoms with Gasteiger partial charge in [0.25, 0.3) is 0 Å². The van der Waals surface area contributed by atoms with Crippen LogP contribution in [-0.4, -0.2) is 8.80 Å². The molecular weight excluding hydrogens is 164 g/mol. The minimum atomic E-state index is -0.440. The zero-order chi connectivity index (χ0) is 8.55. The Hall–Kier alpha value is -1.02. The third kappa shape index (κ3) is 1.18. The van der Waals surface area contributed by atoms with Crippen molar-refractivity contribution in [3.05, 3.63) is 30.3 Å². The molecule has 1 aromatic heterocycles. The Morgan fingerprint density at radius 2 is 1.92 bits per heavy atom. The lowest BCUT2D eigenvalue weighted by molar-refractivity contribution is 0.650. The first-order valence-corrected chi connectivity index (χ1v) is 6.56. The molecule has 0 atom stereocenters. The highest BCUT2D eigenvalue weighted by Gasteiger charge is 2.06. The van der Waals surface area contributed by atoms with Crippen LogP contribution in [0.3, 0.4) is 0 Å². The summed E-state index contributed by atoms with van der Waals surface area (Å²) in [6, 6.07) is 10.3. The van der Waals surface area contributed by atoms with Crippen molar-refractivity contribution in [1.82, 2.24) is 0 Å². The first-order chi connectivity index (χ1) is 5.77. The summed E-state index contributed by atoms with van der Waals surface area (Å²) in [5.74, 6) is 0. The van der Waals surface area contributed by atoms with Gasteiger partial charge in [0.2, 0.25) is 0 Å². The molecule has 1 radical (unpaired) electrons. The zero-order valence-corrected chi connectivity index (χ0v) is 8.29. The quantitative estimate of drug-likeness (QED) is 0.607. The highest BCUT2D eigenvalue weighted by atomic mass is 28.3. The molecule has 2 aromatic rings. The maximum absolute atomic E-state index is 5.67. The lowest BCUT2D eigenvalue weighted by Gasteiger charge is -1.93. The largest absolute Gasteiger partial charge is 0.467 e. The van der Waals surface area contributed by atoms with Crippen molar-refractivity contribution in [3.63, 3.8) is 0 Å². The molecule has 0 saturated carbocycles. The summed E-state index contributed by atoms with van der Waals surface area (Å²) < 4.78 is 5.67. The second-order valence-corrected chi connectivity index (χ2v) is 5.64. The van der Waals surface area contributed by atoms with Gasteiger partial charge in [0.15, 0.2) is 0 Å². The van der Waals surface area contributed by atoms with Crippen molar-refractivity contribution in [2.75, 3.05) is 0 Å². The standard InChI is InChI=1S/C10H11OSi/c1-12(2)10-7-8-5-3-4-6-9(8)11-10/h3-7H,1-2H3. The van der Waals surface area contributed by atoms with Gasteiger partial charge in [-0.25, -0.2) is 0 Å². The minimum Gasteiger partial charge on any atom is -0.467 e. The van der Waals surface area contributed by atoms with Crippen LogP contribution >= 0.6 is 0 Å². The van der Waals surface area contributed by atoms with Crippen molar-refractivity contribution in [3.8, 4) is 0 Å². The van der Waals surface area contributed by atoms with Gasteiger partial charge in [-0.05, 0) is 12.1 Å². The van der Waals surface area contributed by atoms with Crippen LogP contribution in [0.5, 0.6) is 0 Å². The molecule has 1 nitrogen and oxygen atoms in total. The fourth-order valence-corrected chi connectivity index (χ4v) is 1.99. The Morgan fingerprint density at radius 1 is 1.17 bits per heavy atom. The molecule has 2 rings (SSSR count). The second-order valence-electron chi connectivity index (χ2n) is 3.15. The minimum absolute atomic E-state index is 0.440. The molecule has 1 heterocycles. The molecule has 2 heteroatoms. The van der Waals surface area contributed by atoms with E-state index in [9.17, 15) is 0 Å². The predicted molar refractivity (Wildman–Crippen MR) is 53.3 cm³/mol. The van der Waals surface area contributed by atoms with Gasteiger partial charge in [0.05, 0.1) is 5.38 Å². The molecule has 0 unspecified atom stereocenters. The van der Waals surface area contributed by atoms with Crippen molar-refractivity contribution in [2.24, 2.45) is 0 Å². The number of benzene rings is 1. The van der Waals surface area contributed by atoms with Crippen LogP contribution in [0.1, 0.15) is 0 Å². The highest BCUT2D eigenvalue weighted by Crippen LogP contribution is 2.12. The molecule has 0 fully saturated rings. The summed E-state index contributed by atoms with van der Waals surface area (Å²) in [6.45, 7) is 4.48. The van der Waals surface area contributed by atoms with Gasteiger partial charge in [-0.2, -0.15) is 0 Å². The van der Waals surface area contributed by atoms with Gasteiger partial charge in [-0.15, -0.1) is 0 Å². The average molecular weight is 175 g/mol. The van der Waals surface area contributed by atoms with E-state index in [4.69, 9.17) is 4.42 Å². The van der Waals surface area contributed by atoms with Crippen molar-refractivity contribution >= 4 is 25.1 Å². The summed E-state index contributed by atoms with van der Waals surface area (Å²) in [6.07, 6.45) is 0. The molecule has 0 aliphatic rings. The number of furan rings is 1. The average Bonchev–Trinajstić information content (AvgIpc) is 2.46. The van der Waals surface area contributed by atoms with E-state index in [0.29, 0.717) is 0 Å². The van der Waals surface area contributed by atoms with Crippen LogP contribution in [0.2, 0.25) is 13.1 Å². The van der Waals surface area contributed by atoms with Crippen LogP contribution in [0.25, 0.3) is 11.0 Å². The molecule has 0 bridgehead atoms. The Kier molecular flexibility index (Phi) is 1.77. The summed E-state index contributed by atoms with van der Waals surface area (Å²) in [5, 5.41) is 2.39. The lowest BCUT2D eigenvalue weighted by Crippen LogP contribution is -2.19. The molecule has 12 heavy (non-hydrogen) atoms.